The van der Waals surface area contributed by atoms with Crippen LogP contribution in [0, 0.1) is 0 Å². The summed E-state index contributed by atoms with van der Waals surface area (Å²) < 4.78 is 2.10. The number of aryl methyl sites for hydroxylation is 2. The predicted molar refractivity (Wildman–Crippen MR) is 123 cm³/mol. The van der Waals surface area contributed by atoms with E-state index in [0.29, 0.717) is 30.0 Å². The number of carbonyl (C=O) groups excluding carboxylic acids is 1. The van der Waals surface area contributed by atoms with Gasteiger partial charge in [0.15, 0.2) is 0 Å². The van der Waals surface area contributed by atoms with Crippen LogP contribution >= 0.6 is 11.6 Å². The van der Waals surface area contributed by atoms with Crippen LogP contribution in [0.4, 0.5) is 0 Å². The summed E-state index contributed by atoms with van der Waals surface area (Å²) in [6.45, 7) is 0.529. The van der Waals surface area contributed by atoms with Gasteiger partial charge in [0.05, 0.1) is 6.04 Å². The third kappa shape index (κ3) is 3.47. The van der Waals surface area contributed by atoms with Gasteiger partial charge in [0.1, 0.15) is 5.75 Å². The summed E-state index contributed by atoms with van der Waals surface area (Å²) in [5, 5.41) is 12.3. The molecule has 0 bridgehead atoms. The molecule has 31 heavy (non-hydrogen) atoms. The lowest BCUT2D eigenvalue weighted by molar-refractivity contribution is -0.132. The molecule has 1 atom stereocenters. The molecular weight excluding hydrogens is 408 g/mol. The average Bonchev–Trinajstić information content (AvgIpc) is 3.32. The first-order valence-electron chi connectivity index (χ1n) is 10.4. The lowest BCUT2D eigenvalue weighted by atomic mass is 9.97. The predicted octanol–water partition coefficient (Wildman–Crippen LogP) is 5.60. The molecule has 1 aliphatic heterocycles. The normalized spacial score (nSPS) is 15.4. The van der Waals surface area contributed by atoms with Gasteiger partial charge >= 0.3 is 0 Å². The molecule has 0 radical (unpaired) electrons. The van der Waals surface area contributed by atoms with Crippen LogP contribution in [0.2, 0.25) is 5.02 Å². The number of fused-ring (bicyclic) bond motifs is 2. The number of aromatic hydroxyl groups is 1. The molecule has 5 rings (SSSR count). The topological polar surface area (TPSA) is 45.5 Å². The van der Waals surface area contributed by atoms with Crippen LogP contribution in [-0.4, -0.2) is 20.5 Å². The number of hydrogen-bond donors (Lipinski definition) is 1. The quantitative estimate of drug-likeness (QED) is 0.458. The fraction of sp³-hybridized carbons (Fsp3) is 0.192. The number of benzene rings is 3. The number of hydrogen-bond acceptors (Lipinski definition) is 2. The van der Waals surface area contributed by atoms with Crippen LogP contribution in [0.15, 0.2) is 72.9 Å². The van der Waals surface area contributed by atoms with Crippen molar-refractivity contribution in [2.75, 3.05) is 0 Å². The maximum atomic E-state index is 13.4. The monoisotopic (exact) mass is 430 g/mol. The van der Waals surface area contributed by atoms with Crippen molar-refractivity contribution in [2.24, 2.45) is 7.05 Å². The molecule has 1 unspecified atom stereocenters. The largest absolute Gasteiger partial charge is 0.508 e. The highest BCUT2D eigenvalue weighted by molar-refractivity contribution is 6.30. The van der Waals surface area contributed by atoms with Crippen LogP contribution in [0.3, 0.4) is 0 Å². The van der Waals surface area contributed by atoms with Gasteiger partial charge in [-0.05, 0) is 47.4 Å². The molecule has 3 aromatic carbocycles. The second-order valence-electron chi connectivity index (χ2n) is 8.11. The Morgan fingerprint density at radius 1 is 1.06 bits per heavy atom. The van der Waals surface area contributed by atoms with Crippen molar-refractivity contribution in [2.45, 2.75) is 25.4 Å². The van der Waals surface area contributed by atoms with Gasteiger partial charge in [-0.1, -0.05) is 54.1 Å². The summed E-state index contributed by atoms with van der Waals surface area (Å²) in [7, 11) is 2.03. The summed E-state index contributed by atoms with van der Waals surface area (Å²) in [5.74, 6) is 0.214. The number of nitrogens with zero attached hydrogens (tertiary/aromatic N) is 2. The van der Waals surface area contributed by atoms with Crippen LogP contribution < -0.4 is 0 Å². The first kappa shape index (κ1) is 19.7. The Morgan fingerprint density at radius 3 is 2.71 bits per heavy atom. The molecule has 4 nitrogen and oxygen atoms in total. The molecule has 0 saturated heterocycles. The molecule has 0 aliphatic carbocycles. The summed E-state index contributed by atoms with van der Waals surface area (Å²) in [5.41, 5.74) is 5.14. The van der Waals surface area contributed by atoms with E-state index in [1.165, 1.54) is 16.5 Å². The first-order chi connectivity index (χ1) is 15.0. The second kappa shape index (κ2) is 7.78. The van der Waals surface area contributed by atoms with Gasteiger partial charge in [0, 0.05) is 47.7 Å². The lowest BCUT2D eigenvalue weighted by Gasteiger charge is -2.26. The molecule has 5 heteroatoms. The van der Waals surface area contributed by atoms with Crippen molar-refractivity contribution in [1.82, 2.24) is 9.47 Å². The number of para-hydroxylation sites is 1. The van der Waals surface area contributed by atoms with Gasteiger partial charge < -0.3 is 14.6 Å². The van der Waals surface area contributed by atoms with Crippen molar-refractivity contribution in [3.8, 4) is 5.75 Å². The highest BCUT2D eigenvalue weighted by Crippen LogP contribution is 2.42. The minimum Gasteiger partial charge on any atom is -0.508 e. The van der Waals surface area contributed by atoms with Crippen LogP contribution in [0.1, 0.15) is 34.7 Å². The summed E-state index contributed by atoms with van der Waals surface area (Å²) >= 11 is 6.23. The van der Waals surface area contributed by atoms with Crippen molar-refractivity contribution in [3.05, 3.63) is 100 Å². The fourth-order valence-electron chi connectivity index (χ4n) is 4.71. The number of carbonyl (C=O) groups is 1. The maximum absolute atomic E-state index is 13.4. The van der Waals surface area contributed by atoms with Crippen LogP contribution in [0.5, 0.6) is 5.75 Å². The molecule has 1 N–H and O–H groups in total. The van der Waals surface area contributed by atoms with E-state index in [1.54, 1.807) is 18.2 Å². The number of rotatable bonds is 4. The SMILES string of the molecule is Cn1cc(CCC(=O)N2Cc3ccccc3C2c2cc(Cl)ccc2O)c2ccccc21. The Bertz CT molecular complexity index is 1290. The standard InChI is InChI=1S/C26H23ClN2O2/c1-28-15-18(20-7-4-5-9-23(20)28)10-13-25(31)29-16-17-6-2-3-8-21(17)26(29)22-14-19(27)11-12-24(22)30/h2-9,11-12,14-15,26,30H,10,13,16H2,1H3. The van der Waals surface area contributed by atoms with Crippen molar-refractivity contribution in [1.29, 1.82) is 0 Å². The Hall–Kier alpha value is -3.24. The molecule has 0 spiro atoms. The average molecular weight is 431 g/mol. The Balaban J connectivity index is 1.45. The molecular formula is C26H23ClN2O2. The third-order valence-corrected chi connectivity index (χ3v) is 6.43. The highest BCUT2D eigenvalue weighted by atomic mass is 35.5. The Labute approximate surface area is 186 Å². The van der Waals surface area contributed by atoms with Crippen LogP contribution in [0.25, 0.3) is 10.9 Å². The van der Waals surface area contributed by atoms with E-state index in [0.717, 1.165) is 11.1 Å². The molecule has 0 fully saturated rings. The van der Waals surface area contributed by atoms with Gasteiger partial charge in [-0.25, -0.2) is 0 Å². The zero-order valence-corrected chi connectivity index (χ0v) is 18.0. The van der Waals surface area contributed by atoms with Gasteiger partial charge in [0.25, 0.3) is 0 Å². The Morgan fingerprint density at radius 2 is 1.84 bits per heavy atom. The van der Waals surface area contributed by atoms with Gasteiger partial charge in [-0.3, -0.25) is 4.79 Å². The number of phenolic OH excluding ortho intramolecular Hbond substituents is 1. The lowest BCUT2D eigenvalue weighted by Crippen LogP contribution is -2.30. The minimum absolute atomic E-state index is 0.0634. The van der Waals surface area contributed by atoms with Gasteiger partial charge in [0.2, 0.25) is 5.91 Å². The summed E-state index contributed by atoms with van der Waals surface area (Å²) in [6, 6.07) is 21.0. The van der Waals surface area contributed by atoms with Crippen molar-refractivity contribution >= 4 is 28.4 Å². The number of halogens is 1. The maximum Gasteiger partial charge on any atom is 0.223 e. The smallest absolute Gasteiger partial charge is 0.223 e. The molecule has 2 heterocycles. The van der Waals surface area contributed by atoms with E-state index in [2.05, 4.69) is 22.9 Å². The first-order valence-corrected chi connectivity index (χ1v) is 10.8. The van der Waals surface area contributed by atoms with Crippen molar-refractivity contribution in [3.63, 3.8) is 0 Å². The minimum atomic E-state index is -0.338. The number of phenols is 1. The van der Waals surface area contributed by atoms with E-state index < -0.39 is 0 Å². The molecule has 1 amide bonds. The van der Waals surface area contributed by atoms with E-state index in [-0.39, 0.29) is 17.7 Å². The van der Waals surface area contributed by atoms with Crippen molar-refractivity contribution < 1.29 is 9.90 Å². The zero-order valence-electron chi connectivity index (χ0n) is 17.3. The van der Waals surface area contributed by atoms with E-state index >= 15 is 0 Å². The molecule has 156 valence electrons. The van der Waals surface area contributed by atoms with E-state index in [4.69, 9.17) is 11.6 Å². The third-order valence-electron chi connectivity index (χ3n) is 6.19. The summed E-state index contributed by atoms with van der Waals surface area (Å²) in [4.78, 5) is 15.3. The van der Waals surface area contributed by atoms with Crippen LogP contribution in [-0.2, 0) is 24.8 Å². The van der Waals surface area contributed by atoms with Gasteiger partial charge in [-0.15, -0.1) is 0 Å². The molecule has 1 aliphatic rings. The number of aromatic nitrogens is 1. The highest BCUT2D eigenvalue weighted by Gasteiger charge is 2.35. The summed E-state index contributed by atoms with van der Waals surface area (Å²) in [6.07, 6.45) is 3.18. The Kier molecular flexibility index (Phi) is 4.95. The molecule has 0 saturated carbocycles. The fourth-order valence-corrected chi connectivity index (χ4v) is 4.89. The van der Waals surface area contributed by atoms with E-state index in [1.807, 2.05) is 48.3 Å². The zero-order chi connectivity index (χ0) is 21.5. The van der Waals surface area contributed by atoms with E-state index in [9.17, 15) is 9.90 Å². The number of amides is 1. The molecule has 1 aromatic heterocycles. The van der Waals surface area contributed by atoms with Gasteiger partial charge in [-0.2, -0.15) is 0 Å². The molecule has 4 aromatic rings. The second-order valence-corrected chi connectivity index (χ2v) is 8.54.